The Morgan fingerprint density at radius 2 is 1.25 bits per heavy atom. The van der Waals surface area contributed by atoms with Gasteiger partial charge in [0.2, 0.25) is 0 Å². The third-order valence-corrected chi connectivity index (χ3v) is 4.58. The van der Waals surface area contributed by atoms with E-state index in [0.29, 0.717) is 10.8 Å². The number of nitrogens with one attached hydrogen (secondary N) is 2. The molecule has 0 aromatic heterocycles. The van der Waals surface area contributed by atoms with Gasteiger partial charge in [-0.1, -0.05) is 65.7 Å². The number of rotatable bonds is 5. The molecule has 0 aliphatic carbocycles. The lowest BCUT2D eigenvalue weighted by Gasteiger charge is -2.13. The second-order valence-electron chi connectivity index (χ2n) is 5.76. The van der Waals surface area contributed by atoms with Crippen LogP contribution in [0.2, 0.25) is 10.0 Å². The molecule has 0 unspecified atom stereocenters. The van der Waals surface area contributed by atoms with Crippen molar-refractivity contribution in [2.24, 2.45) is 0 Å². The van der Waals surface area contributed by atoms with Gasteiger partial charge in [-0.05, 0) is 30.3 Å². The summed E-state index contributed by atoms with van der Waals surface area (Å²) in [6.07, 6.45) is 0. The van der Waals surface area contributed by atoms with Crippen LogP contribution < -0.4 is 15.6 Å². The molecule has 0 atom stereocenters. The fourth-order valence-corrected chi connectivity index (χ4v) is 2.86. The number of benzene rings is 3. The zero-order chi connectivity index (χ0) is 19.9. The van der Waals surface area contributed by atoms with Gasteiger partial charge in [0.05, 0.1) is 16.1 Å². The van der Waals surface area contributed by atoms with E-state index in [-0.39, 0.29) is 22.8 Å². The molecule has 28 heavy (non-hydrogen) atoms. The molecule has 5 nitrogen and oxygen atoms in total. The highest BCUT2D eigenvalue weighted by Gasteiger charge is 2.15. The minimum absolute atomic E-state index is 0.204. The third kappa shape index (κ3) is 4.82. The van der Waals surface area contributed by atoms with Crippen LogP contribution in [0.15, 0.2) is 72.8 Å². The summed E-state index contributed by atoms with van der Waals surface area (Å²) in [6.45, 7) is 0.204. The Labute approximate surface area is 172 Å². The molecule has 7 heteroatoms. The Morgan fingerprint density at radius 1 is 0.714 bits per heavy atom. The second kappa shape index (κ2) is 9.26. The van der Waals surface area contributed by atoms with Gasteiger partial charge in [0.15, 0.2) is 0 Å². The van der Waals surface area contributed by atoms with Gasteiger partial charge in [-0.2, -0.15) is 0 Å². The Balaban J connectivity index is 1.66. The first-order chi connectivity index (χ1) is 13.6. The van der Waals surface area contributed by atoms with Crippen LogP contribution in [0.5, 0.6) is 5.75 Å². The molecule has 0 aliphatic rings. The first kappa shape index (κ1) is 19.7. The monoisotopic (exact) mass is 414 g/mol. The quantitative estimate of drug-likeness (QED) is 0.597. The normalized spacial score (nSPS) is 10.2. The molecule has 0 fully saturated rings. The standard InChI is InChI=1S/C21H16Cl2N2O3/c22-17-10-4-1-7-14(17)13-28-19-12-6-3-9-16(19)21(27)25-24-20(26)15-8-2-5-11-18(15)23/h1-12H,13H2,(H,24,26)(H,25,27). The van der Waals surface area contributed by atoms with E-state index in [1.165, 1.54) is 0 Å². The summed E-state index contributed by atoms with van der Waals surface area (Å²) in [7, 11) is 0. The Bertz CT molecular complexity index is 1010. The van der Waals surface area contributed by atoms with E-state index in [2.05, 4.69) is 10.9 Å². The van der Waals surface area contributed by atoms with Crippen molar-refractivity contribution in [2.45, 2.75) is 6.61 Å². The average Bonchev–Trinajstić information content (AvgIpc) is 2.72. The molecule has 3 aromatic rings. The number of hydrogen-bond acceptors (Lipinski definition) is 3. The molecule has 0 saturated heterocycles. The highest BCUT2D eigenvalue weighted by Crippen LogP contribution is 2.22. The largest absolute Gasteiger partial charge is 0.488 e. The lowest BCUT2D eigenvalue weighted by Crippen LogP contribution is -2.41. The van der Waals surface area contributed by atoms with Crippen LogP contribution in [0, 0.1) is 0 Å². The van der Waals surface area contributed by atoms with E-state index >= 15 is 0 Å². The van der Waals surface area contributed by atoms with Crippen LogP contribution in [0.1, 0.15) is 26.3 Å². The van der Waals surface area contributed by atoms with E-state index in [1.807, 2.05) is 18.2 Å². The second-order valence-corrected chi connectivity index (χ2v) is 6.58. The van der Waals surface area contributed by atoms with Gasteiger partial charge >= 0.3 is 0 Å². The zero-order valence-electron chi connectivity index (χ0n) is 14.6. The summed E-state index contributed by atoms with van der Waals surface area (Å²) in [5, 5.41) is 0.870. The van der Waals surface area contributed by atoms with E-state index in [1.54, 1.807) is 54.6 Å². The number of carbonyl (C=O) groups is 2. The van der Waals surface area contributed by atoms with Gasteiger partial charge in [0.1, 0.15) is 12.4 Å². The number of halogens is 2. The number of hydrogen-bond donors (Lipinski definition) is 2. The third-order valence-electron chi connectivity index (χ3n) is 3.88. The SMILES string of the molecule is O=C(NNC(=O)c1ccccc1OCc1ccccc1Cl)c1ccccc1Cl. The van der Waals surface area contributed by atoms with E-state index in [0.717, 1.165) is 5.56 Å². The predicted molar refractivity (Wildman–Crippen MR) is 109 cm³/mol. The fourth-order valence-electron chi connectivity index (χ4n) is 2.44. The van der Waals surface area contributed by atoms with Crippen molar-refractivity contribution < 1.29 is 14.3 Å². The van der Waals surface area contributed by atoms with Crippen LogP contribution in [-0.2, 0) is 6.61 Å². The molecule has 142 valence electrons. The van der Waals surface area contributed by atoms with Crippen molar-refractivity contribution in [2.75, 3.05) is 0 Å². The summed E-state index contributed by atoms with van der Waals surface area (Å²) in [4.78, 5) is 24.7. The maximum atomic E-state index is 12.5. The Kier molecular flexibility index (Phi) is 6.53. The van der Waals surface area contributed by atoms with Crippen molar-refractivity contribution >= 4 is 35.0 Å². The topological polar surface area (TPSA) is 67.4 Å². The molecule has 2 amide bonds. The summed E-state index contributed by atoms with van der Waals surface area (Å²) >= 11 is 12.1. The first-order valence-electron chi connectivity index (χ1n) is 8.36. The molecule has 0 aliphatic heterocycles. The minimum atomic E-state index is -0.520. The van der Waals surface area contributed by atoms with Gasteiger partial charge in [-0.25, -0.2) is 0 Å². The molecule has 0 radical (unpaired) electrons. The Hall–Kier alpha value is -3.02. The number of amides is 2. The molecular weight excluding hydrogens is 399 g/mol. The molecule has 0 heterocycles. The highest BCUT2D eigenvalue weighted by atomic mass is 35.5. The maximum absolute atomic E-state index is 12.5. The van der Waals surface area contributed by atoms with Gasteiger partial charge in [-0.3, -0.25) is 20.4 Å². The van der Waals surface area contributed by atoms with Crippen LogP contribution in [0.25, 0.3) is 0 Å². The number of para-hydroxylation sites is 1. The summed E-state index contributed by atoms with van der Waals surface area (Å²) in [5.41, 5.74) is 6.05. The predicted octanol–water partition coefficient (Wildman–Crippen LogP) is 4.65. The average molecular weight is 415 g/mol. The lowest BCUT2D eigenvalue weighted by atomic mass is 10.2. The zero-order valence-corrected chi connectivity index (χ0v) is 16.1. The van der Waals surface area contributed by atoms with E-state index < -0.39 is 11.8 Å². The number of ether oxygens (including phenoxy) is 1. The molecule has 2 N–H and O–H groups in total. The summed E-state index contributed by atoms with van der Waals surface area (Å²) in [6, 6.07) is 20.6. The van der Waals surface area contributed by atoms with Gasteiger partial charge < -0.3 is 4.74 Å². The number of carbonyl (C=O) groups excluding carboxylic acids is 2. The molecule has 0 bridgehead atoms. The summed E-state index contributed by atoms with van der Waals surface area (Å²) in [5.74, 6) is -0.671. The molecule has 0 spiro atoms. The maximum Gasteiger partial charge on any atom is 0.273 e. The lowest BCUT2D eigenvalue weighted by molar-refractivity contribution is 0.0844. The van der Waals surface area contributed by atoms with Crippen LogP contribution in [0.3, 0.4) is 0 Å². The number of hydrazine groups is 1. The first-order valence-corrected chi connectivity index (χ1v) is 9.12. The van der Waals surface area contributed by atoms with Crippen molar-refractivity contribution in [1.29, 1.82) is 0 Å². The minimum Gasteiger partial charge on any atom is -0.488 e. The van der Waals surface area contributed by atoms with E-state index in [9.17, 15) is 9.59 Å². The highest BCUT2D eigenvalue weighted by molar-refractivity contribution is 6.33. The smallest absolute Gasteiger partial charge is 0.273 e. The molecule has 3 aromatic carbocycles. The van der Waals surface area contributed by atoms with E-state index in [4.69, 9.17) is 27.9 Å². The van der Waals surface area contributed by atoms with Crippen LogP contribution >= 0.6 is 23.2 Å². The van der Waals surface area contributed by atoms with Crippen molar-refractivity contribution in [1.82, 2.24) is 10.9 Å². The Morgan fingerprint density at radius 3 is 1.93 bits per heavy atom. The summed E-state index contributed by atoms with van der Waals surface area (Å²) < 4.78 is 5.76. The van der Waals surface area contributed by atoms with Crippen molar-refractivity contribution in [3.8, 4) is 5.75 Å². The van der Waals surface area contributed by atoms with Crippen molar-refractivity contribution in [3.63, 3.8) is 0 Å². The van der Waals surface area contributed by atoms with Crippen LogP contribution in [-0.4, -0.2) is 11.8 Å². The molecule has 3 rings (SSSR count). The molecular formula is C21H16Cl2N2O3. The van der Waals surface area contributed by atoms with Gasteiger partial charge in [0, 0.05) is 10.6 Å². The molecule has 0 saturated carbocycles. The van der Waals surface area contributed by atoms with Gasteiger partial charge in [-0.15, -0.1) is 0 Å². The van der Waals surface area contributed by atoms with Gasteiger partial charge in [0.25, 0.3) is 11.8 Å². The fraction of sp³-hybridized carbons (Fsp3) is 0.0476. The van der Waals surface area contributed by atoms with Crippen molar-refractivity contribution in [3.05, 3.63) is 99.5 Å². The van der Waals surface area contributed by atoms with Crippen LogP contribution in [0.4, 0.5) is 0 Å².